The first-order chi connectivity index (χ1) is 19.8. The fraction of sp³-hybridized carbons (Fsp3) is 0.267. The molecule has 2 aliphatic heterocycles. The maximum absolute atomic E-state index is 13.1. The Labute approximate surface area is 238 Å². The number of hydrogen-bond donors (Lipinski definition) is 2. The standard InChI is InChI=1S/C30H30N8O2S/c1-41(39,40)27-26(20-14-21-10-11-22(15-20)37(21)30-24(31)8-5-13-33-30)36-29-23(17-35-38(29)28(27)32)19-9-12-25(34-16-19)18-6-3-2-4-7-18/h2-9,12-13,16-17,20-22H,10-11,14-15,31-32H2,1H3/t20-,21+,22-. The van der Waals surface area contributed by atoms with Crippen LogP contribution in [0.25, 0.3) is 28.0 Å². The Morgan fingerprint density at radius 2 is 1.63 bits per heavy atom. The van der Waals surface area contributed by atoms with Gasteiger partial charge in [0.25, 0.3) is 0 Å². The molecule has 0 spiro atoms. The number of benzene rings is 1. The number of sulfone groups is 1. The lowest BCUT2D eigenvalue weighted by Gasteiger charge is -2.40. The summed E-state index contributed by atoms with van der Waals surface area (Å²) in [5, 5.41) is 4.45. The Hall–Kier alpha value is -4.51. The maximum atomic E-state index is 13.1. The molecule has 0 amide bonds. The van der Waals surface area contributed by atoms with Gasteiger partial charge in [-0.05, 0) is 43.9 Å². The first-order valence-electron chi connectivity index (χ1n) is 13.7. The normalized spacial score (nSPS) is 20.5. The van der Waals surface area contributed by atoms with E-state index < -0.39 is 9.84 Å². The number of fused-ring (bicyclic) bond motifs is 3. The lowest BCUT2D eigenvalue weighted by atomic mass is 9.87. The van der Waals surface area contributed by atoms with Gasteiger partial charge in [-0.15, -0.1) is 0 Å². The number of rotatable bonds is 5. The van der Waals surface area contributed by atoms with E-state index in [-0.39, 0.29) is 28.7 Å². The summed E-state index contributed by atoms with van der Waals surface area (Å²) in [6, 6.07) is 18.0. The fourth-order valence-corrected chi connectivity index (χ4v) is 7.64. The lowest BCUT2D eigenvalue weighted by Crippen LogP contribution is -2.43. The zero-order chi connectivity index (χ0) is 28.3. The van der Waals surface area contributed by atoms with Crippen LogP contribution < -0.4 is 16.4 Å². The first kappa shape index (κ1) is 25.5. The minimum atomic E-state index is -3.69. The minimum Gasteiger partial charge on any atom is -0.396 e. The van der Waals surface area contributed by atoms with Crippen LogP contribution in [0.5, 0.6) is 0 Å². The third-order valence-electron chi connectivity index (χ3n) is 8.36. The molecule has 4 aromatic heterocycles. The monoisotopic (exact) mass is 566 g/mol. The molecule has 41 heavy (non-hydrogen) atoms. The molecule has 2 fully saturated rings. The van der Waals surface area contributed by atoms with Crippen LogP contribution in [0.15, 0.2) is 78.1 Å². The van der Waals surface area contributed by atoms with E-state index in [1.807, 2.05) is 54.6 Å². The van der Waals surface area contributed by atoms with Crippen molar-refractivity contribution >= 4 is 32.8 Å². The number of anilines is 3. The summed E-state index contributed by atoms with van der Waals surface area (Å²) < 4.78 is 27.7. The van der Waals surface area contributed by atoms with Crippen molar-refractivity contribution in [2.24, 2.45) is 0 Å². The van der Waals surface area contributed by atoms with Crippen molar-refractivity contribution in [3.05, 3.63) is 78.9 Å². The molecule has 0 unspecified atom stereocenters. The van der Waals surface area contributed by atoms with Gasteiger partial charge in [0.1, 0.15) is 10.7 Å². The van der Waals surface area contributed by atoms with Crippen molar-refractivity contribution in [2.45, 2.75) is 48.6 Å². The zero-order valence-electron chi connectivity index (χ0n) is 22.6. The number of pyridine rings is 2. The highest BCUT2D eigenvalue weighted by Crippen LogP contribution is 2.47. The summed E-state index contributed by atoms with van der Waals surface area (Å²) in [6.07, 6.45) is 9.84. The predicted octanol–water partition coefficient (Wildman–Crippen LogP) is 4.34. The smallest absolute Gasteiger partial charge is 0.180 e. The van der Waals surface area contributed by atoms with Gasteiger partial charge in [-0.2, -0.15) is 9.61 Å². The molecular weight excluding hydrogens is 536 g/mol. The molecule has 2 aliphatic rings. The predicted molar refractivity (Wildman–Crippen MR) is 159 cm³/mol. The molecule has 2 saturated heterocycles. The molecule has 7 rings (SSSR count). The van der Waals surface area contributed by atoms with E-state index in [4.69, 9.17) is 16.5 Å². The van der Waals surface area contributed by atoms with Gasteiger partial charge in [0, 0.05) is 53.3 Å². The van der Waals surface area contributed by atoms with E-state index in [9.17, 15) is 8.42 Å². The van der Waals surface area contributed by atoms with E-state index >= 15 is 0 Å². The first-order valence-corrected chi connectivity index (χ1v) is 15.6. The zero-order valence-corrected chi connectivity index (χ0v) is 23.4. The van der Waals surface area contributed by atoms with E-state index in [1.165, 1.54) is 10.8 Å². The van der Waals surface area contributed by atoms with Gasteiger partial charge < -0.3 is 16.4 Å². The van der Waals surface area contributed by atoms with Crippen molar-refractivity contribution in [3.63, 3.8) is 0 Å². The molecule has 3 atom stereocenters. The van der Waals surface area contributed by atoms with Crippen LogP contribution in [0.1, 0.15) is 37.3 Å². The Morgan fingerprint density at radius 1 is 0.878 bits per heavy atom. The quantitative estimate of drug-likeness (QED) is 0.317. The van der Waals surface area contributed by atoms with Gasteiger partial charge in [-0.3, -0.25) is 4.98 Å². The van der Waals surface area contributed by atoms with Gasteiger partial charge in [-0.1, -0.05) is 36.4 Å². The van der Waals surface area contributed by atoms with Crippen molar-refractivity contribution in [1.82, 2.24) is 24.6 Å². The molecular formula is C30H30N8O2S. The van der Waals surface area contributed by atoms with Crippen LogP contribution in [0.3, 0.4) is 0 Å². The van der Waals surface area contributed by atoms with Crippen molar-refractivity contribution in [1.29, 1.82) is 0 Å². The SMILES string of the molecule is CS(=O)(=O)c1c([C@H]2C[C@H]3CC[C@@H](C2)N3c2ncccc2N)nc2c(-c3ccc(-c4ccccc4)nc3)cnn2c1N. The number of nitrogens with zero attached hydrogens (tertiary/aromatic N) is 6. The third kappa shape index (κ3) is 4.28. The van der Waals surface area contributed by atoms with Crippen LogP contribution in [0.2, 0.25) is 0 Å². The number of aromatic nitrogens is 5. The highest BCUT2D eigenvalue weighted by Gasteiger charge is 2.44. The van der Waals surface area contributed by atoms with Gasteiger partial charge >= 0.3 is 0 Å². The molecule has 0 radical (unpaired) electrons. The second kappa shape index (κ2) is 9.55. The van der Waals surface area contributed by atoms with Gasteiger partial charge in [0.15, 0.2) is 21.3 Å². The van der Waals surface area contributed by atoms with Gasteiger partial charge in [-0.25, -0.2) is 18.4 Å². The van der Waals surface area contributed by atoms with Crippen molar-refractivity contribution < 1.29 is 8.42 Å². The summed E-state index contributed by atoms with van der Waals surface area (Å²) in [6.45, 7) is 0. The van der Waals surface area contributed by atoms with Crippen LogP contribution >= 0.6 is 0 Å². The average molecular weight is 567 g/mol. The number of hydrogen-bond acceptors (Lipinski definition) is 9. The van der Waals surface area contributed by atoms with Crippen LogP contribution in [-0.4, -0.2) is 51.3 Å². The summed E-state index contributed by atoms with van der Waals surface area (Å²) in [5.74, 6) is 0.789. The summed E-state index contributed by atoms with van der Waals surface area (Å²) in [4.78, 5) is 16.6. The largest absolute Gasteiger partial charge is 0.396 e. The Kier molecular flexibility index (Phi) is 5.93. The molecule has 0 aliphatic carbocycles. The average Bonchev–Trinajstić information content (AvgIpc) is 3.51. The molecule has 5 aromatic rings. The third-order valence-corrected chi connectivity index (χ3v) is 9.52. The molecule has 6 heterocycles. The van der Waals surface area contributed by atoms with E-state index in [0.717, 1.165) is 53.9 Å². The molecule has 4 N–H and O–H groups in total. The second-order valence-corrected chi connectivity index (χ2v) is 12.9. The van der Waals surface area contributed by atoms with Crippen molar-refractivity contribution in [3.8, 4) is 22.4 Å². The Morgan fingerprint density at radius 3 is 2.29 bits per heavy atom. The highest BCUT2D eigenvalue weighted by atomic mass is 32.2. The number of piperidine rings is 1. The Balaban J connectivity index is 1.30. The Bertz CT molecular complexity index is 1860. The fourth-order valence-electron chi connectivity index (χ4n) is 6.58. The summed E-state index contributed by atoms with van der Waals surface area (Å²) >= 11 is 0. The molecule has 1 aromatic carbocycles. The number of nitrogens with two attached hydrogens (primary N) is 2. The van der Waals surface area contributed by atoms with Crippen LogP contribution in [0.4, 0.5) is 17.3 Å². The molecule has 10 nitrogen and oxygen atoms in total. The molecule has 2 bridgehead atoms. The summed E-state index contributed by atoms with van der Waals surface area (Å²) in [7, 11) is -3.69. The van der Waals surface area contributed by atoms with Gasteiger partial charge in [0.05, 0.1) is 23.3 Å². The lowest BCUT2D eigenvalue weighted by molar-refractivity contribution is 0.403. The molecule has 11 heteroatoms. The van der Waals surface area contributed by atoms with E-state index in [0.29, 0.717) is 17.0 Å². The highest BCUT2D eigenvalue weighted by molar-refractivity contribution is 7.91. The molecule has 0 saturated carbocycles. The van der Waals surface area contributed by atoms with Crippen LogP contribution in [-0.2, 0) is 9.84 Å². The van der Waals surface area contributed by atoms with Crippen molar-refractivity contribution in [2.75, 3.05) is 22.6 Å². The van der Waals surface area contributed by atoms with Gasteiger partial charge in [0.2, 0.25) is 0 Å². The molecule has 208 valence electrons. The van der Waals surface area contributed by atoms with E-state index in [1.54, 1.807) is 18.6 Å². The second-order valence-electron chi connectivity index (χ2n) is 11.0. The summed E-state index contributed by atoms with van der Waals surface area (Å²) in [5.41, 5.74) is 18.0. The van der Waals surface area contributed by atoms with E-state index in [2.05, 4.69) is 20.0 Å². The maximum Gasteiger partial charge on any atom is 0.180 e. The topological polar surface area (TPSA) is 145 Å². The van der Waals surface area contributed by atoms with Crippen LogP contribution in [0, 0.1) is 0 Å². The minimum absolute atomic E-state index is 0.0624. The number of nitrogen functional groups attached to an aromatic ring is 2.